The Hall–Kier alpha value is -3.27. The van der Waals surface area contributed by atoms with Crippen LogP contribution in [0.5, 0.6) is 0 Å². The molecule has 34 heavy (non-hydrogen) atoms. The van der Waals surface area contributed by atoms with Crippen LogP contribution in [0.1, 0.15) is 25.1 Å². The first-order chi connectivity index (χ1) is 16.3. The molecule has 3 N–H and O–H groups in total. The number of nitrogens with zero attached hydrogens (tertiary/aromatic N) is 5. The molecule has 0 saturated carbocycles. The van der Waals surface area contributed by atoms with Crippen molar-refractivity contribution in [2.24, 2.45) is 0 Å². The van der Waals surface area contributed by atoms with Crippen LogP contribution in [0.25, 0.3) is 16.7 Å². The van der Waals surface area contributed by atoms with Gasteiger partial charge in [0.25, 0.3) is 0 Å². The summed E-state index contributed by atoms with van der Waals surface area (Å²) in [5.74, 6) is 0.289. The molecule has 1 aliphatic heterocycles. The number of aromatic amines is 1. The minimum Gasteiger partial charge on any atom is -0.323 e. The van der Waals surface area contributed by atoms with Crippen LogP contribution in [0.2, 0.25) is 10.0 Å². The number of hydrogen-bond acceptors (Lipinski definition) is 7. The highest BCUT2D eigenvalue weighted by molar-refractivity contribution is 6.37. The molecule has 0 aliphatic carbocycles. The van der Waals surface area contributed by atoms with Crippen molar-refractivity contribution in [1.29, 1.82) is 5.41 Å². The zero-order chi connectivity index (χ0) is 24.0. The number of aromatic nitrogens is 5. The molecule has 174 valence electrons. The van der Waals surface area contributed by atoms with Gasteiger partial charge in [0.2, 0.25) is 5.95 Å². The second kappa shape index (κ2) is 8.83. The van der Waals surface area contributed by atoms with Crippen LogP contribution in [-0.4, -0.2) is 42.0 Å². The first-order valence-corrected chi connectivity index (χ1v) is 11.6. The molecule has 4 heterocycles. The third-order valence-electron chi connectivity index (χ3n) is 5.92. The van der Waals surface area contributed by atoms with Crippen LogP contribution in [0.4, 0.5) is 11.6 Å². The average Bonchev–Trinajstić information content (AvgIpc) is 2.80. The number of halogens is 2. The summed E-state index contributed by atoms with van der Waals surface area (Å²) in [5.41, 5.74) is 2.80. The first-order valence-electron chi connectivity index (χ1n) is 10.8. The van der Waals surface area contributed by atoms with Gasteiger partial charge in [-0.3, -0.25) is 20.3 Å². The molecule has 3 aromatic heterocycles. The highest BCUT2D eigenvalue weighted by Crippen LogP contribution is 2.27. The molecule has 0 bridgehead atoms. The molecular formula is C23H22Cl2N8O. The lowest BCUT2D eigenvalue weighted by molar-refractivity contribution is 0.200. The molecule has 11 heteroatoms. The van der Waals surface area contributed by atoms with Crippen molar-refractivity contribution < 1.29 is 0 Å². The van der Waals surface area contributed by atoms with Crippen molar-refractivity contribution in [3.63, 3.8) is 0 Å². The number of rotatable bonds is 4. The maximum Gasteiger partial charge on any atom is 0.333 e. The number of H-pyrrole nitrogens is 1. The van der Waals surface area contributed by atoms with Crippen molar-refractivity contribution in [2.75, 3.05) is 11.9 Å². The highest BCUT2D eigenvalue weighted by Gasteiger charge is 2.20. The van der Waals surface area contributed by atoms with Crippen LogP contribution in [0.3, 0.4) is 0 Å². The van der Waals surface area contributed by atoms with Crippen molar-refractivity contribution in [3.05, 3.63) is 73.9 Å². The van der Waals surface area contributed by atoms with E-state index in [1.165, 1.54) is 11.8 Å². The minimum atomic E-state index is -0.581. The Balaban J connectivity index is 1.48. The van der Waals surface area contributed by atoms with Crippen LogP contribution in [0.15, 0.2) is 41.5 Å². The third kappa shape index (κ3) is 4.06. The molecule has 1 aromatic carbocycles. The van der Waals surface area contributed by atoms with Crippen molar-refractivity contribution >= 4 is 45.9 Å². The summed E-state index contributed by atoms with van der Waals surface area (Å²) in [6.45, 7) is 6.21. The van der Waals surface area contributed by atoms with Gasteiger partial charge in [0.05, 0.1) is 38.7 Å². The van der Waals surface area contributed by atoms with Gasteiger partial charge < -0.3 is 5.32 Å². The van der Waals surface area contributed by atoms with Gasteiger partial charge in [0.15, 0.2) is 5.65 Å². The van der Waals surface area contributed by atoms with Gasteiger partial charge in [-0.1, -0.05) is 29.3 Å². The van der Waals surface area contributed by atoms with Gasteiger partial charge >= 0.3 is 5.69 Å². The standard InChI is InChI=1S/C23H22Cl2N8O/c1-12(2)32-7-6-13-8-14(9-27-18(13)11-32)29-22-28-10-15-20(26)33(23(34)31-21(15)30-22)19-16(24)4-3-5-17(19)25/h3-5,8-10,12,26H,6-7,11H2,1-2H3,(H2,28,29,30,31,34). The van der Waals surface area contributed by atoms with Gasteiger partial charge in [-0.2, -0.15) is 4.98 Å². The molecule has 0 unspecified atom stereocenters. The van der Waals surface area contributed by atoms with Crippen molar-refractivity contribution in [3.8, 4) is 5.69 Å². The zero-order valence-corrected chi connectivity index (χ0v) is 20.1. The lowest BCUT2D eigenvalue weighted by Gasteiger charge is -2.31. The maximum absolute atomic E-state index is 12.8. The molecule has 4 aromatic rings. The molecule has 1 aliphatic rings. The summed E-state index contributed by atoms with van der Waals surface area (Å²) >= 11 is 12.5. The molecule has 0 amide bonds. The monoisotopic (exact) mass is 496 g/mol. The fourth-order valence-corrected chi connectivity index (χ4v) is 4.64. The SMILES string of the molecule is CC(C)N1CCc2cc(Nc3ncc4c(=N)n(-c5c(Cl)cccc5Cl)c(=O)[nH]c4n3)cnc2C1. The molecular weight excluding hydrogens is 475 g/mol. The molecule has 0 saturated heterocycles. The van der Waals surface area contributed by atoms with Gasteiger partial charge in [-0.25, -0.2) is 14.3 Å². The summed E-state index contributed by atoms with van der Waals surface area (Å²) in [6.07, 6.45) is 4.17. The van der Waals surface area contributed by atoms with E-state index in [9.17, 15) is 4.79 Å². The van der Waals surface area contributed by atoms with Crippen LogP contribution >= 0.6 is 23.2 Å². The average molecular weight is 497 g/mol. The van der Waals surface area contributed by atoms with E-state index in [2.05, 4.69) is 50.1 Å². The Kier molecular flexibility index (Phi) is 5.85. The second-order valence-corrected chi connectivity index (χ2v) is 9.22. The topological polar surface area (TPSA) is 116 Å². The zero-order valence-electron chi connectivity index (χ0n) is 18.6. The molecule has 5 rings (SSSR count). The highest BCUT2D eigenvalue weighted by atomic mass is 35.5. The number of para-hydroxylation sites is 1. The molecule has 0 atom stereocenters. The van der Waals surface area contributed by atoms with E-state index in [-0.39, 0.29) is 32.8 Å². The number of anilines is 2. The Morgan fingerprint density at radius 1 is 1.18 bits per heavy atom. The van der Waals surface area contributed by atoms with E-state index in [1.807, 2.05) is 0 Å². The lowest BCUT2D eigenvalue weighted by atomic mass is 10.0. The van der Waals surface area contributed by atoms with Crippen molar-refractivity contribution in [1.82, 2.24) is 29.4 Å². The smallest absolute Gasteiger partial charge is 0.323 e. The van der Waals surface area contributed by atoms with E-state index in [0.717, 1.165) is 35.5 Å². The maximum atomic E-state index is 12.8. The Bertz CT molecular complexity index is 1510. The fourth-order valence-electron chi connectivity index (χ4n) is 4.08. The number of fused-ring (bicyclic) bond motifs is 2. The van der Waals surface area contributed by atoms with Crippen LogP contribution in [0, 0.1) is 5.41 Å². The predicted molar refractivity (Wildman–Crippen MR) is 132 cm³/mol. The van der Waals surface area contributed by atoms with Gasteiger partial charge in [-0.05, 0) is 44.0 Å². The quantitative estimate of drug-likeness (QED) is 0.395. The first kappa shape index (κ1) is 22.5. The number of benzene rings is 1. The summed E-state index contributed by atoms with van der Waals surface area (Å²) in [4.78, 5) is 31.3. The molecule has 0 spiro atoms. The van der Waals surface area contributed by atoms with E-state index in [1.54, 1.807) is 24.4 Å². The minimum absolute atomic E-state index is 0.120. The van der Waals surface area contributed by atoms with E-state index in [0.29, 0.717) is 11.4 Å². The Morgan fingerprint density at radius 3 is 2.68 bits per heavy atom. The number of pyridine rings is 1. The normalized spacial score (nSPS) is 13.9. The lowest BCUT2D eigenvalue weighted by Crippen LogP contribution is -2.36. The third-order valence-corrected chi connectivity index (χ3v) is 6.53. The number of hydrogen-bond donors (Lipinski definition) is 3. The van der Waals surface area contributed by atoms with Crippen molar-refractivity contribution in [2.45, 2.75) is 32.9 Å². The molecule has 0 fully saturated rings. The molecule has 9 nitrogen and oxygen atoms in total. The molecule has 0 radical (unpaired) electrons. The predicted octanol–water partition coefficient (Wildman–Crippen LogP) is 3.80. The largest absolute Gasteiger partial charge is 0.333 e. The Morgan fingerprint density at radius 2 is 1.94 bits per heavy atom. The summed E-state index contributed by atoms with van der Waals surface area (Å²) in [5, 5.41) is 12.6. The van der Waals surface area contributed by atoms with E-state index < -0.39 is 5.69 Å². The van der Waals surface area contributed by atoms with Gasteiger partial charge in [-0.15, -0.1) is 0 Å². The summed E-state index contributed by atoms with van der Waals surface area (Å²) < 4.78 is 1.11. The second-order valence-electron chi connectivity index (χ2n) is 8.41. The number of nitrogens with one attached hydrogen (secondary N) is 3. The fraction of sp³-hybridized carbons (Fsp3) is 0.261. The van der Waals surface area contributed by atoms with E-state index in [4.69, 9.17) is 28.6 Å². The van der Waals surface area contributed by atoms with Crippen LogP contribution in [-0.2, 0) is 13.0 Å². The summed E-state index contributed by atoms with van der Waals surface area (Å²) in [6, 6.07) is 7.43. The van der Waals surface area contributed by atoms with Gasteiger partial charge in [0, 0.05) is 25.3 Å². The van der Waals surface area contributed by atoms with Gasteiger partial charge in [0.1, 0.15) is 5.49 Å². The van der Waals surface area contributed by atoms with Crippen LogP contribution < -0.4 is 16.5 Å². The summed E-state index contributed by atoms with van der Waals surface area (Å²) in [7, 11) is 0. The van der Waals surface area contributed by atoms with E-state index >= 15 is 0 Å². The Labute approximate surface area is 204 Å².